The molecule has 50 heavy (non-hydrogen) atoms. The van der Waals surface area contributed by atoms with Crippen molar-refractivity contribution >= 4 is 30.4 Å². The second-order valence-electron chi connectivity index (χ2n) is 15.2. The van der Waals surface area contributed by atoms with E-state index in [1.807, 2.05) is 13.8 Å². The van der Waals surface area contributed by atoms with Crippen LogP contribution in [-0.4, -0.2) is 74.9 Å². The molecule has 3 N–H and O–H groups in total. The number of nitrogens with one attached hydrogen (secondary N) is 1. The number of nitrogens with two attached hydrogens (primary N) is 1. The minimum atomic E-state index is -0.173. The van der Waals surface area contributed by atoms with Gasteiger partial charge in [-0.15, -0.1) is 12.8 Å². The second-order valence-corrected chi connectivity index (χ2v) is 15.2. The maximum atomic E-state index is 8.26. The van der Waals surface area contributed by atoms with Gasteiger partial charge in [0.2, 0.25) is 0 Å². The molecule has 1 saturated carbocycles. The summed E-state index contributed by atoms with van der Waals surface area (Å²) in [5.74, 6) is 1.53. The molecule has 4 unspecified atom stereocenters. The van der Waals surface area contributed by atoms with Crippen molar-refractivity contribution in [2.75, 3.05) is 58.8 Å². The molecule has 6 nitrogen and oxygen atoms in total. The minimum Gasteiger partial charge on any atom is -0.381 e. The number of fused-ring (bicyclic) bond motifs is 7. The molecule has 2 aromatic carbocycles. The molecule has 1 aliphatic carbocycles. The third-order valence-electron chi connectivity index (χ3n) is 12.3. The Hall–Kier alpha value is -2.74. The molecule has 0 spiro atoms. The average Bonchev–Trinajstić information content (AvgIpc) is 3.87. The zero-order valence-corrected chi connectivity index (χ0v) is 33.4. The van der Waals surface area contributed by atoms with Crippen molar-refractivity contribution in [3.63, 3.8) is 0 Å². The fourth-order valence-corrected chi connectivity index (χ4v) is 9.59. The fourth-order valence-electron chi connectivity index (χ4n) is 9.59. The first-order valence-corrected chi connectivity index (χ1v) is 20.0. The van der Waals surface area contributed by atoms with Crippen LogP contribution in [0.25, 0.3) is 5.57 Å². The lowest BCUT2D eigenvalue weighted by molar-refractivity contribution is 0.255. The number of anilines is 1. The van der Waals surface area contributed by atoms with Crippen molar-refractivity contribution in [3.05, 3.63) is 83.1 Å². The van der Waals surface area contributed by atoms with E-state index < -0.39 is 0 Å². The molecule has 3 fully saturated rings. The smallest absolute Gasteiger partial charge is 0.0817 e. The third kappa shape index (κ3) is 7.85. The van der Waals surface area contributed by atoms with Gasteiger partial charge in [-0.2, -0.15) is 0 Å². The maximum Gasteiger partial charge on any atom is 0.0817 e. The van der Waals surface area contributed by atoms with Crippen molar-refractivity contribution in [3.8, 4) is 0 Å². The highest BCUT2D eigenvalue weighted by atomic mass is 32.1. The Bertz CT molecular complexity index is 1440. The molecular formula is C43H68N6S. The average molecular weight is 701 g/mol. The van der Waals surface area contributed by atoms with Crippen LogP contribution in [0.5, 0.6) is 0 Å². The number of hydrogen-bond acceptors (Lipinski definition) is 6. The monoisotopic (exact) mass is 701 g/mol. The van der Waals surface area contributed by atoms with Gasteiger partial charge in [0.05, 0.1) is 17.8 Å². The Morgan fingerprint density at radius 2 is 1.60 bits per heavy atom. The van der Waals surface area contributed by atoms with Crippen LogP contribution in [-0.2, 0) is 6.42 Å². The summed E-state index contributed by atoms with van der Waals surface area (Å²) in [6.07, 6.45) is 13.2. The summed E-state index contributed by atoms with van der Waals surface area (Å²) in [7, 11) is 6.48. The van der Waals surface area contributed by atoms with Crippen molar-refractivity contribution < 1.29 is 0 Å². The summed E-state index contributed by atoms with van der Waals surface area (Å²) in [5, 5.41) is 12.5. The standard InChI is InChI=1S/C36H48N4.C5H11N.C2H6.H3NS/c1-7-24(3)28-15-17-30-33(19-28)40-22-36(25(4)38(5)6)21-39(23-37)20-32(36)31-18-26(8-2)14-16-29(31)35(40)34(30)27-12-10-9-11-13-27;1-6-4-2-3-5-6;2*1-2/h14-19,23,27,32,34-35,37H,3-4,7-13,20-22H2,1-2,5-6H3;2-5H2,1H3;1-2H3;2H,1H2. The number of allylic oxidation sites excluding steroid dienone is 1. The van der Waals surface area contributed by atoms with E-state index in [4.69, 9.17) is 12.0 Å². The van der Waals surface area contributed by atoms with E-state index in [-0.39, 0.29) is 5.41 Å². The van der Waals surface area contributed by atoms with Gasteiger partial charge in [0.25, 0.3) is 0 Å². The van der Waals surface area contributed by atoms with Crippen LogP contribution in [0.15, 0.2) is 55.3 Å². The number of thiol groups is 1. The van der Waals surface area contributed by atoms with Gasteiger partial charge in [0, 0.05) is 56.9 Å². The molecule has 2 saturated heterocycles. The van der Waals surface area contributed by atoms with Gasteiger partial charge in [-0.25, -0.2) is 0 Å². The Morgan fingerprint density at radius 1 is 0.940 bits per heavy atom. The lowest BCUT2D eigenvalue weighted by atomic mass is 9.69. The molecule has 0 bridgehead atoms. The lowest BCUT2D eigenvalue weighted by Gasteiger charge is -2.42. The number of likely N-dealkylation sites (tertiary alicyclic amines) is 2. The summed E-state index contributed by atoms with van der Waals surface area (Å²) < 4.78 is 0. The topological polar surface area (TPSA) is 62.8 Å². The number of aryl methyl sites for hydroxylation is 1. The predicted octanol–water partition coefficient (Wildman–Crippen LogP) is 9.51. The Labute approximate surface area is 311 Å². The Balaban J connectivity index is 0.000000496. The highest BCUT2D eigenvalue weighted by molar-refractivity contribution is 7.77. The van der Waals surface area contributed by atoms with E-state index in [2.05, 4.69) is 116 Å². The number of nitrogens with zero attached hydrogens (tertiary/aromatic N) is 4. The third-order valence-corrected chi connectivity index (χ3v) is 12.3. The molecular weight excluding hydrogens is 633 g/mol. The van der Waals surface area contributed by atoms with Gasteiger partial charge < -0.3 is 19.6 Å². The summed E-state index contributed by atoms with van der Waals surface area (Å²) in [6.45, 7) is 22.9. The SMILES string of the molecule is C=C(CC)c1ccc2c(c1)N1CC3(C(=C)N(C)C)CN(C=N)CC3c3cc(CC)ccc3C1C2C1CCCCC1.CC.CN1CCCC1.NS. The minimum absolute atomic E-state index is 0.173. The second kappa shape index (κ2) is 18.1. The van der Waals surface area contributed by atoms with Crippen molar-refractivity contribution in [2.45, 2.75) is 103 Å². The van der Waals surface area contributed by atoms with Gasteiger partial charge >= 0.3 is 0 Å². The summed E-state index contributed by atoms with van der Waals surface area (Å²) in [6, 6.07) is 15.0. The van der Waals surface area contributed by atoms with E-state index in [9.17, 15) is 0 Å². The Morgan fingerprint density at radius 3 is 2.16 bits per heavy atom. The maximum absolute atomic E-state index is 8.26. The van der Waals surface area contributed by atoms with Crippen molar-refractivity contribution in [1.82, 2.24) is 14.7 Å². The molecule has 276 valence electrons. The first-order valence-electron chi connectivity index (χ1n) is 19.5. The van der Waals surface area contributed by atoms with E-state index >= 15 is 0 Å². The first kappa shape index (κ1) is 40.0. The van der Waals surface area contributed by atoms with Gasteiger partial charge in [0.1, 0.15) is 0 Å². The molecule has 2 aromatic rings. The largest absolute Gasteiger partial charge is 0.381 e. The van der Waals surface area contributed by atoms with Crippen LogP contribution in [0.2, 0.25) is 0 Å². The molecule has 5 aliphatic rings. The molecule has 4 aliphatic heterocycles. The van der Waals surface area contributed by atoms with Gasteiger partial charge in [-0.05, 0) is 104 Å². The quantitative estimate of drug-likeness (QED) is 0.153. The summed E-state index contributed by atoms with van der Waals surface area (Å²) >= 11 is 3.03. The normalized spacial score (nSPS) is 25.2. The van der Waals surface area contributed by atoms with Crippen molar-refractivity contribution in [1.29, 1.82) is 5.41 Å². The van der Waals surface area contributed by atoms with Crippen LogP contribution in [0.1, 0.15) is 125 Å². The van der Waals surface area contributed by atoms with Gasteiger partial charge in [-0.1, -0.05) is 90.4 Å². The van der Waals surface area contributed by atoms with Crippen LogP contribution in [0.4, 0.5) is 5.69 Å². The fraction of sp³-hybridized carbons (Fsp3) is 0.605. The first-order chi connectivity index (χ1) is 24.2. The van der Waals surface area contributed by atoms with E-state index in [1.54, 1.807) is 11.9 Å². The molecule has 0 amide bonds. The van der Waals surface area contributed by atoms with Crippen LogP contribution in [0.3, 0.4) is 0 Å². The van der Waals surface area contributed by atoms with Crippen molar-refractivity contribution in [2.24, 2.45) is 16.5 Å². The number of rotatable bonds is 7. The molecule has 4 atom stereocenters. The number of benzene rings is 2. The zero-order valence-electron chi connectivity index (χ0n) is 32.5. The molecule has 0 radical (unpaired) electrons. The van der Waals surface area contributed by atoms with Crippen LogP contribution >= 0.6 is 12.8 Å². The predicted molar refractivity (Wildman–Crippen MR) is 221 cm³/mol. The van der Waals surface area contributed by atoms with Gasteiger partial charge in [-0.3, -0.25) is 10.5 Å². The summed E-state index contributed by atoms with van der Waals surface area (Å²) in [4.78, 5) is 9.63. The summed E-state index contributed by atoms with van der Waals surface area (Å²) in [5.41, 5.74) is 10.9. The Kier molecular flexibility index (Phi) is 14.5. The van der Waals surface area contributed by atoms with E-state index in [0.717, 1.165) is 32.5 Å². The van der Waals surface area contributed by atoms with E-state index in [0.29, 0.717) is 23.8 Å². The highest BCUT2D eigenvalue weighted by Crippen LogP contribution is 2.62. The van der Waals surface area contributed by atoms with Gasteiger partial charge in [0.15, 0.2) is 0 Å². The van der Waals surface area contributed by atoms with E-state index in [1.165, 1.54) is 97.2 Å². The molecule has 0 aromatic heterocycles. The van der Waals surface area contributed by atoms with Crippen LogP contribution < -0.4 is 10.0 Å². The van der Waals surface area contributed by atoms with Crippen LogP contribution in [0, 0.1) is 16.7 Å². The molecule has 7 heteroatoms. The molecule has 7 rings (SSSR count). The highest BCUT2D eigenvalue weighted by Gasteiger charge is 2.57. The number of hydrogen-bond donors (Lipinski definition) is 3. The molecule has 4 heterocycles. The lowest BCUT2D eigenvalue weighted by Crippen LogP contribution is -2.45. The zero-order chi connectivity index (χ0) is 36.6.